The molecule has 9 heteroatoms. The summed E-state index contributed by atoms with van der Waals surface area (Å²) < 4.78 is 26.4. The quantitative estimate of drug-likeness (QED) is 0.369. The van der Waals surface area contributed by atoms with Crippen LogP contribution in [0.4, 0.5) is 14.5 Å². The molecule has 2 rings (SSSR count). The maximum Gasteiger partial charge on any atom is 0.288 e. The molecule has 0 radical (unpaired) electrons. The highest BCUT2D eigenvalue weighted by atomic mass is 35.5. The van der Waals surface area contributed by atoms with Crippen molar-refractivity contribution in [3.63, 3.8) is 0 Å². The molecule has 0 unspecified atom stereocenters. The SMILES string of the molecule is Cc1nn(CC(C)C)c(Cl)c1/C=C(\C#N)C(=O)Nc1ccc(SC(F)F)cc1. The van der Waals surface area contributed by atoms with Gasteiger partial charge in [0.25, 0.3) is 11.7 Å². The zero-order chi connectivity index (χ0) is 20.8. The largest absolute Gasteiger partial charge is 0.321 e. The van der Waals surface area contributed by atoms with Gasteiger partial charge in [0.2, 0.25) is 0 Å². The van der Waals surface area contributed by atoms with Gasteiger partial charge in [0, 0.05) is 22.7 Å². The summed E-state index contributed by atoms with van der Waals surface area (Å²) in [7, 11) is 0. The van der Waals surface area contributed by atoms with Gasteiger partial charge in [0.15, 0.2) is 0 Å². The van der Waals surface area contributed by atoms with Gasteiger partial charge >= 0.3 is 0 Å². The number of thioether (sulfide) groups is 1. The number of halogens is 3. The molecule has 5 nitrogen and oxygen atoms in total. The molecule has 0 saturated carbocycles. The Morgan fingerprint density at radius 3 is 2.57 bits per heavy atom. The molecule has 0 aliphatic carbocycles. The Bertz CT molecular complexity index is 917. The van der Waals surface area contributed by atoms with Crippen molar-refractivity contribution in [2.24, 2.45) is 5.92 Å². The fraction of sp³-hybridized carbons (Fsp3) is 0.316. The third-order valence-electron chi connectivity index (χ3n) is 3.64. The molecule has 1 N–H and O–H groups in total. The third-order valence-corrected chi connectivity index (χ3v) is 4.76. The van der Waals surface area contributed by atoms with Gasteiger partial charge in [0.05, 0.1) is 5.69 Å². The lowest BCUT2D eigenvalue weighted by molar-refractivity contribution is -0.112. The van der Waals surface area contributed by atoms with Crippen LogP contribution in [0, 0.1) is 24.2 Å². The maximum absolute atomic E-state index is 12.4. The minimum atomic E-state index is -2.52. The number of hydrogen-bond acceptors (Lipinski definition) is 4. The second-order valence-electron chi connectivity index (χ2n) is 6.39. The fourth-order valence-electron chi connectivity index (χ4n) is 2.41. The number of alkyl halides is 2. The summed E-state index contributed by atoms with van der Waals surface area (Å²) in [4.78, 5) is 12.8. The molecular weight excluding hydrogens is 406 g/mol. The van der Waals surface area contributed by atoms with Crippen molar-refractivity contribution in [2.75, 3.05) is 5.32 Å². The Hall–Kier alpha value is -2.37. The lowest BCUT2D eigenvalue weighted by Crippen LogP contribution is -2.13. The van der Waals surface area contributed by atoms with Crippen LogP contribution in [0.2, 0.25) is 5.15 Å². The molecule has 1 amide bonds. The van der Waals surface area contributed by atoms with Crippen LogP contribution in [0.3, 0.4) is 0 Å². The first-order valence-corrected chi connectivity index (χ1v) is 9.68. The normalized spacial score (nSPS) is 11.8. The predicted octanol–water partition coefficient (Wildman–Crippen LogP) is 5.36. The number of rotatable bonds is 7. The van der Waals surface area contributed by atoms with Crippen molar-refractivity contribution in [2.45, 2.75) is 38.0 Å². The van der Waals surface area contributed by atoms with Gasteiger partial charge in [0.1, 0.15) is 16.8 Å². The summed E-state index contributed by atoms with van der Waals surface area (Å²) in [5.41, 5.74) is 1.38. The van der Waals surface area contributed by atoms with E-state index in [0.717, 1.165) is 0 Å². The maximum atomic E-state index is 12.4. The van der Waals surface area contributed by atoms with Gasteiger partial charge < -0.3 is 5.32 Å². The zero-order valence-corrected chi connectivity index (χ0v) is 17.1. The minimum absolute atomic E-state index is 0.139. The third kappa shape index (κ3) is 5.81. The first kappa shape index (κ1) is 21.9. The number of amides is 1. The fourth-order valence-corrected chi connectivity index (χ4v) is 3.21. The van der Waals surface area contributed by atoms with E-state index in [-0.39, 0.29) is 5.57 Å². The number of aromatic nitrogens is 2. The van der Waals surface area contributed by atoms with Crippen molar-refractivity contribution in [3.05, 3.63) is 46.2 Å². The summed E-state index contributed by atoms with van der Waals surface area (Å²) in [5.74, 6) is -2.81. The van der Waals surface area contributed by atoms with Gasteiger partial charge in [-0.1, -0.05) is 37.2 Å². The van der Waals surface area contributed by atoms with E-state index in [2.05, 4.69) is 10.4 Å². The number of carbonyl (C=O) groups excluding carboxylic acids is 1. The number of nitrogens with one attached hydrogen (secondary N) is 1. The van der Waals surface area contributed by atoms with Crippen molar-refractivity contribution in [1.82, 2.24) is 9.78 Å². The minimum Gasteiger partial charge on any atom is -0.321 e. The second-order valence-corrected chi connectivity index (χ2v) is 7.81. The van der Waals surface area contributed by atoms with Crippen LogP contribution in [0.5, 0.6) is 0 Å². The predicted molar refractivity (Wildman–Crippen MR) is 107 cm³/mol. The highest BCUT2D eigenvalue weighted by Gasteiger charge is 2.16. The van der Waals surface area contributed by atoms with Crippen LogP contribution >= 0.6 is 23.4 Å². The molecule has 2 aromatic rings. The van der Waals surface area contributed by atoms with Crippen LogP contribution in [0.15, 0.2) is 34.7 Å². The van der Waals surface area contributed by atoms with E-state index < -0.39 is 11.7 Å². The standard InChI is InChI=1S/C19H19ClF2N4OS/c1-11(2)10-26-17(20)16(12(3)25-26)8-13(9-23)18(27)24-14-4-6-15(7-5-14)28-19(21)22/h4-8,11,19H,10H2,1-3H3,(H,24,27)/b13-8+. The van der Waals surface area contributed by atoms with Gasteiger partial charge in [-0.25, -0.2) is 0 Å². The average molecular weight is 425 g/mol. The molecule has 28 heavy (non-hydrogen) atoms. The Balaban J connectivity index is 2.20. The first-order chi connectivity index (χ1) is 13.2. The van der Waals surface area contributed by atoms with Gasteiger partial charge in [-0.05, 0) is 43.2 Å². The van der Waals surface area contributed by atoms with Crippen LogP contribution in [0.1, 0.15) is 25.1 Å². The molecular formula is C19H19ClF2N4OS. The van der Waals surface area contributed by atoms with Crippen LogP contribution in [-0.4, -0.2) is 21.4 Å². The molecule has 148 valence electrons. The van der Waals surface area contributed by atoms with E-state index in [0.29, 0.717) is 51.2 Å². The monoisotopic (exact) mass is 424 g/mol. The second kappa shape index (κ2) is 9.71. The summed E-state index contributed by atoms with van der Waals surface area (Å²) in [6, 6.07) is 7.80. The highest BCUT2D eigenvalue weighted by molar-refractivity contribution is 7.99. The molecule has 0 aliphatic rings. The van der Waals surface area contributed by atoms with Gasteiger partial charge in [-0.3, -0.25) is 9.48 Å². The van der Waals surface area contributed by atoms with Crippen LogP contribution in [0.25, 0.3) is 6.08 Å². The van der Waals surface area contributed by atoms with Crippen LogP contribution in [-0.2, 0) is 11.3 Å². The molecule has 0 fully saturated rings. The van der Waals surface area contributed by atoms with Gasteiger partial charge in [-0.2, -0.15) is 19.1 Å². The Morgan fingerprint density at radius 1 is 1.39 bits per heavy atom. The lowest BCUT2D eigenvalue weighted by atomic mass is 10.1. The van der Waals surface area contributed by atoms with E-state index in [4.69, 9.17) is 11.6 Å². The summed E-state index contributed by atoms with van der Waals surface area (Å²) in [5, 5.41) is 16.7. The van der Waals surface area contributed by atoms with E-state index in [1.54, 1.807) is 11.6 Å². The Morgan fingerprint density at radius 2 is 2.04 bits per heavy atom. The van der Waals surface area contributed by atoms with Crippen molar-refractivity contribution in [3.8, 4) is 6.07 Å². The topological polar surface area (TPSA) is 70.7 Å². The number of aryl methyl sites for hydroxylation is 1. The smallest absolute Gasteiger partial charge is 0.288 e. The number of nitrogens with zero attached hydrogens (tertiary/aromatic N) is 3. The molecule has 1 heterocycles. The molecule has 1 aromatic carbocycles. The number of nitriles is 1. The van der Waals surface area contributed by atoms with Crippen molar-refractivity contribution >= 4 is 41.0 Å². The number of benzene rings is 1. The van der Waals surface area contributed by atoms with E-state index in [1.807, 2.05) is 19.9 Å². The van der Waals surface area contributed by atoms with Crippen molar-refractivity contribution in [1.29, 1.82) is 5.26 Å². The average Bonchev–Trinajstić information content (AvgIpc) is 2.87. The molecule has 1 aromatic heterocycles. The summed E-state index contributed by atoms with van der Waals surface area (Å²) in [6.45, 7) is 6.43. The summed E-state index contributed by atoms with van der Waals surface area (Å²) in [6.07, 6.45) is 1.40. The first-order valence-electron chi connectivity index (χ1n) is 8.42. The van der Waals surface area contributed by atoms with Gasteiger partial charge in [-0.15, -0.1) is 0 Å². The zero-order valence-electron chi connectivity index (χ0n) is 15.5. The number of anilines is 1. The highest BCUT2D eigenvalue weighted by Crippen LogP contribution is 2.27. The lowest BCUT2D eigenvalue weighted by Gasteiger charge is -2.06. The van der Waals surface area contributed by atoms with E-state index in [1.165, 1.54) is 30.3 Å². The Labute approximate surface area is 171 Å². The van der Waals surface area contributed by atoms with E-state index in [9.17, 15) is 18.8 Å². The van der Waals surface area contributed by atoms with E-state index >= 15 is 0 Å². The number of hydrogen-bond donors (Lipinski definition) is 1. The molecule has 0 aliphatic heterocycles. The van der Waals surface area contributed by atoms with Crippen molar-refractivity contribution < 1.29 is 13.6 Å². The molecule has 0 saturated heterocycles. The Kier molecular flexibility index (Phi) is 7.61. The number of carbonyl (C=O) groups is 1. The van der Waals surface area contributed by atoms with Crippen LogP contribution < -0.4 is 5.32 Å². The molecule has 0 atom stereocenters. The summed E-state index contributed by atoms with van der Waals surface area (Å²) >= 11 is 6.76. The molecule has 0 bridgehead atoms. The molecule has 0 spiro atoms.